The Hall–Kier alpha value is -1.13. The molecule has 0 amide bonds. The Labute approximate surface area is 109 Å². The topological polar surface area (TPSA) is 28.0 Å². The number of nitrogens with zero attached hydrogens (tertiary/aromatic N) is 3. The van der Waals surface area contributed by atoms with Crippen molar-refractivity contribution in [2.75, 3.05) is 13.1 Å². The SMILES string of the molecule is Cc1csc(Cl)c1C1(N2C=NCC2)C=CC=N1. The molecule has 0 spiro atoms. The Balaban J connectivity index is 2.15. The van der Waals surface area contributed by atoms with Gasteiger partial charge in [-0.05, 0) is 30.0 Å². The third-order valence-electron chi connectivity index (χ3n) is 3.11. The molecule has 1 atom stereocenters. The Kier molecular flexibility index (Phi) is 2.56. The van der Waals surface area contributed by atoms with Crippen LogP contribution < -0.4 is 0 Å². The first-order chi connectivity index (χ1) is 8.24. The molecule has 1 aromatic heterocycles. The van der Waals surface area contributed by atoms with Gasteiger partial charge in [0.05, 0.1) is 12.9 Å². The standard InChI is InChI=1S/C12H12ClN3S/c1-9-7-17-11(13)10(9)12(3-2-4-15-12)16-6-5-14-8-16/h2-4,7-8H,5-6H2,1H3. The molecule has 0 saturated carbocycles. The molecule has 0 fully saturated rings. The van der Waals surface area contributed by atoms with Gasteiger partial charge in [0, 0.05) is 18.3 Å². The number of hydrogen-bond acceptors (Lipinski definition) is 4. The van der Waals surface area contributed by atoms with E-state index in [4.69, 9.17) is 11.6 Å². The van der Waals surface area contributed by atoms with Gasteiger partial charge in [-0.2, -0.15) is 0 Å². The number of halogens is 1. The number of allylic oxidation sites excluding steroid dienone is 1. The molecular formula is C12H12ClN3S. The summed E-state index contributed by atoms with van der Waals surface area (Å²) in [4.78, 5) is 11.1. The molecule has 1 unspecified atom stereocenters. The van der Waals surface area contributed by atoms with E-state index in [1.807, 2.05) is 18.6 Å². The number of thiophene rings is 1. The molecule has 2 aliphatic rings. The van der Waals surface area contributed by atoms with E-state index in [1.165, 1.54) is 5.56 Å². The van der Waals surface area contributed by atoms with Crippen molar-refractivity contribution in [2.24, 2.45) is 9.98 Å². The summed E-state index contributed by atoms with van der Waals surface area (Å²) in [7, 11) is 0. The van der Waals surface area contributed by atoms with Gasteiger partial charge in [-0.3, -0.25) is 9.98 Å². The maximum atomic E-state index is 6.33. The minimum absolute atomic E-state index is 0.471. The van der Waals surface area contributed by atoms with E-state index < -0.39 is 5.66 Å². The molecule has 0 radical (unpaired) electrons. The highest BCUT2D eigenvalue weighted by Gasteiger charge is 2.40. The summed E-state index contributed by atoms with van der Waals surface area (Å²) in [6.45, 7) is 3.79. The van der Waals surface area contributed by atoms with Crippen molar-refractivity contribution in [2.45, 2.75) is 12.6 Å². The van der Waals surface area contributed by atoms with Gasteiger partial charge in [0.25, 0.3) is 0 Å². The summed E-state index contributed by atoms with van der Waals surface area (Å²) in [5.41, 5.74) is 1.80. The highest BCUT2D eigenvalue weighted by Crippen LogP contribution is 2.42. The molecule has 3 rings (SSSR count). The van der Waals surface area contributed by atoms with E-state index in [0.717, 1.165) is 23.0 Å². The lowest BCUT2D eigenvalue weighted by atomic mass is 9.98. The van der Waals surface area contributed by atoms with Crippen LogP contribution in [0.15, 0.2) is 27.5 Å². The molecule has 0 saturated heterocycles. The molecule has 17 heavy (non-hydrogen) atoms. The number of rotatable bonds is 2. The van der Waals surface area contributed by atoms with E-state index in [-0.39, 0.29) is 0 Å². The van der Waals surface area contributed by atoms with Gasteiger partial charge in [-0.1, -0.05) is 11.6 Å². The minimum Gasteiger partial charge on any atom is -0.329 e. The molecule has 0 bridgehead atoms. The molecule has 3 nitrogen and oxygen atoms in total. The molecule has 3 heterocycles. The summed E-state index contributed by atoms with van der Waals surface area (Å²) in [5, 5.41) is 2.08. The Morgan fingerprint density at radius 3 is 2.94 bits per heavy atom. The lowest BCUT2D eigenvalue weighted by Gasteiger charge is -2.34. The van der Waals surface area contributed by atoms with E-state index in [2.05, 4.69) is 33.3 Å². The quantitative estimate of drug-likeness (QED) is 0.808. The van der Waals surface area contributed by atoms with Crippen molar-refractivity contribution in [1.29, 1.82) is 0 Å². The third kappa shape index (κ3) is 1.55. The first kappa shape index (κ1) is 11.0. The lowest BCUT2D eigenvalue weighted by Crippen LogP contribution is -2.41. The fourth-order valence-electron chi connectivity index (χ4n) is 2.32. The van der Waals surface area contributed by atoms with E-state index >= 15 is 0 Å². The fraction of sp³-hybridized carbons (Fsp3) is 0.333. The lowest BCUT2D eigenvalue weighted by molar-refractivity contribution is 0.271. The average molecular weight is 266 g/mol. The van der Waals surface area contributed by atoms with Gasteiger partial charge < -0.3 is 4.90 Å². The van der Waals surface area contributed by atoms with Gasteiger partial charge in [-0.15, -0.1) is 11.3 Å². The zero-order valence-electron chi connectivity index (χ0n) is 9.43. The first-order valence-corrected chi connectivity index (χ1v) is 6.73. The van der Waals surface area contributed by atoms with Crippen LogP contribution in [0.4, 0.5) is 0 Å². The van der Waals surface area contributed by atoms with Gasteiger partial charge in [0.15, 0.2) is 5.66 Å². The van der Waals surface area contributed by atoms with Crippen LogP contribution in [0.5, 0.6) is 0 Å². The molecule has 5 heteroatoms. The van der Waals surface area contributed by atoms with Crippen LogP contribution in [0.1, 0.15) is 11.1 Å². The molecule has 2 aliphatic heterocycles. The van der Waals surface area contributed by atoms with Crippen molar-refractivity contribution in [3.05, 3.63) is 33.0 Å². The van der Waals surface area contributed by atoms with Crippen LogP contribution >= 0.6 is 22.9 Å². The molecule has 0 N–H and O–H groups in total. The highest BCUT2D eigenvalue weighted by atomic mass is 35.5. The summed E-state index contributed by atoms with van der Waals surface area (Å²) < 4.78 is 0.812. The van der Waals surface area contributed by atoms with Crippen LogP contribution in [-0.4, -0.2) is 30.5 Å². The van der Waals surface area contributed by atoms with Crippen LogP contribution in [0.25, 0.3) is 0 Å². The molecule has 1 aromatic rings. The largest absolute Gasteiger partial charge is 0.329 e. The highest BCUT2D eigenvalue weighted by molar-refractivity contribution is 7.14. The monoisotopic (exact) mass is 265 g/mol. The predicted molar refractivity (Wildman–Crippen MR) is 73.4 cm³/mol. The fourth-order valence-corrected chi connectivity index (χ4v) is 3.57. The van der Waals surface area contributed by atoms with Gasteiger partial charge >= 0.3 is 0 Å². The zero-order chi connectivity index (χ0) is 11.9. The van der Waals surface area contributed by atoms with Gasteiger partial charge in [-0.25, -0.2) is 0 Å². The number of aliphatic imine (C=N–C) groups is 2. The number of aryl methyl sites for hydroxylation is 1. The van der Waals surface area contributed by atoms with E-state index in [9.17, 15) is 0 Å². The predicted octanol–water partition coefficient (Wildman–Crippen LogP) is 2.85. The molecule has 0 aliphatic carbocycles. The molecule has 88 valence electrons. The second kappa shape index (κ2) is 3.96. The second-order valence-electron chi connectivity index (χ2n) is 4.15. The minimum atomic E-state index is -0.471. The van der Waals surface area contributed by atoms with Crippen LogP contribution in [-0.2, 0) is 5.66 Å². The van der Waals surface area contributed by atoms with Crippen LogP contribution in [0, 0.1) is 6.92 Å². The normalized spacial score (nSPS) is 26.4. The Bertz CT molecular complexity index is 498. The number of hydrogen-bond donors (Lipinski definition) is 0. The summed E-state index contributed by atoms with van der Waals surface area (Å²) in [6, 6.07) is 0. The summed E-state index contributed by atoms with van der Waals surface area (Å²) >= 11 is 7.89. The maximum absolute atomic E-state index is 6.33. The average Bonchev–Trinajstić information content (AvgIpc) is 2.99. The smallest absolute Gasteiger partial charge is 0.180 e. The van der Waals surface area contributed by atoms with E-state index in [0.29, 0.717) is 0 Å². The second-order valence-corrected chi connectivity index (χ2v) is 5.63. The maximum Gasteiger partial charge on any atom is 0.180 e. The van der Waals surface area contributed by atoms with Crippen LogP contribution in [0.2, 0.25) is 4.34 Å². The molecular weight excluding hydrogens is 254 g/mol. The molecule has 0 aromatic carbocycles. The summed E-state index contributed by atoms with van der Waals surface area (Å²) in [6.07, 6.45) is 7.77. The first-order valence-electron chi connectivity index (χ1n) is 5.48. The van der Waals surface area contributed by atoms with Crippen molar-refractivity contribution >= 4 is 35.5 Å². The Morgan fingerprint density at radius 2 is 2.41 bits per heavy atom. The van der Waals surface area contributed by atoms with Crippen molar-refractivity contribution in [3.63, 3.8) is 0 Å². The van der Waals surface area contributed by atoms with Gasteiger partial charge in [0.1, 0.15) is 4.34 Å². The van der Waals surface area contributed by atoms with Crippen molar-refractivity contribution in [3.8, 4) is 0 Å². The summed E-state index contributed by atoms with van der Waals surface area (Å²) in [5.74, 6) is 0. The van der Waals surface area contributed by atoms with Crippen molar-refractivity contribution < 1.29 is 0 Å². The van der Waals surface area contributed by atoms with Crippen LogP contribution in [0.3, 0.4) is 0 Å². The van der Waals surface area contributed by atoms with E-state index in [1.54, 1.807) is 11.3 Å². The van der Waals surface area contributed by atoms with Gasteiger partial charge in [0.2, 0.25) is 0 Å². The zero-order valence-corrected chi connectivity index (χ0v) is 11.0. The van der Waals surface area contributed by atoms with Crippen molar-refractivity contribution in [1.82, 2.24) is 4.90 Å². The third-order valence-corrected chi connectivity index (χ3v) is 4.45. The Morgan fingerprint density at radius 1 is 1.53 bits per heavy atom.